The molecule has 0 aliphatic carbocycles. The van der Waals surface area contributed by atoms with Gasteiger partial charge in [-0.15, -0.1) is 11.3 Å². The zero-order chi connectivity index (χ0) is 17.6. The molecule has 2 heterocycles. The Morgan fingerprint density at radius 3 is 2.36 bits per heavy atom. The standard InChI is InChI=1S/C19H23N3O2S/c1-15(16-6-3-2-4-7-16)20-14-18(23)21-9-11-22(12-10-21)19(24)17-8-5-13-25-17/h2-8,13,15,20H,9-12,14H2,1H3/p+1/t15-/m0/s1. The average molecular weight is 358 g/mol. The number of piperazine rings is 1. The number of rotatable bonds is 5. The fourth-order valence-corrected chi connectivity index (χ4v) is 3.71. The number of benzene rings is 1. The van der Waals surface area contributed by atoms with Gasteiger partial charge in [0.05, 0.1) is 4.88 Å². The van der Waals surface area contributed by atoms with Crippen molar-refractivity contribution in [1.82, 2.24) is 9.80 Å². The molecule has 2 amide bonds. The van der Waals surface area contributed by atoms with Gasteiger partial charge in [0, 0.05) is 31.7 Å². The maximum absolute atomic E-state index is 12.4. The Morgan fingerprint density at radius 1 is 1.04 bits per heavy atom. The van der Waals surface area contributed by atoms with Gasteiger partial charge in [-0.3, -0.25) is 9.59 Å². The highest BCUT2D eigenvalue weighted by molar-refractivity contribution is 7.12. The molecule has 0 radical (unpaired) electrons. The second-order valence-electron chi connectivity index (χ2n) is 6.29. The van der Waals surface area contributed by atoms with Gasteiger partial charge in [-0.1, -0.05) is 36.4 Å². The van der Waals surface area contributed by atoms with Gasteiger partial charge in [-0.25, -0.2) is 0 Å². The van der Waals surface area contributed by atoms with Gasteiger partial charge in [0.1, 0.15) is 6.04 Å². The summed E-state index contributed by atoms with van der Waals surface area (Å²) in [7, 11) is 0. The van der Waals surface area contributed by atoms with Crippen molar-refractivity contribution >= 4 is 23.2 Å². The first-order chi connectivity index (χ1) is 12.1. The maximum atomic E-state index is 12.4. The molecule has 1 fully saturated rings. The first-order valence-corrected chi connectivity index (χ1v) is 9.52. The van der Waals surface area contributed by atoms with E-state index < -0.39 is 0 Å². The second-order valence-corrected chi connectivity index (χ2v) is 7.24. The van der Waals surface area contributed by atoms with Crippen molar-refractivity contribution in [1.29, 1.82) is 0 Å². The maximum Gasteiger partial charge on any atom is 0.277 e. The summed E-state index contributed by atoms with van der Waals surface area (Å²) in [6.45, 7) is 5.00. The third-order valence-corrected chi connectivity index (χ3v) is 5.48. The minimum absolute atomic E-state index is 0.0753. The van der Waals surface area contributed by atoms with E-state index >= 15 is 0 Å². The molecule has 1 aliphatic heterocycles. The van der Waals surface area contributed by atoms with Crippen LogP contribution in [0.4, 0.5) is 0 Å². The van der Waals surface area contributed by atoms with Crippen molar-refractivity contribution in [3.8, 4) is 0 Å². The van der Waals surface area contributed by atoms with E-state index in [4.69, 9.17) is 0 Å². The summed E-state index contributed by atoms with van der Waals surface area (Å²) in [4.78, 5) is 29.2. The van der Waals surface area contributed by atoms with E-state index in [-0.39, 0.29) is 17.9 Å². The number of carbonyl (C=O) groups is 2. The van der Waals surface area contributed by atoms with Crippen LogP contribution < -0.4 is 5.32 Å². The molecule has 0 spiro atoms. The molecule has 0 bridgehead atoms. The third kappa shape index (κ3) is 4.46. The molecule has 0 saturated carbocycles. The van der Waals surface area contributed by atoms with Crippen molar-refractivity contribution in [3.63, 3.8) is 0 Å². The van der Waals surface area contributed by atoms with Gasteiger partial charge in [0.25, 0.3) is 11.8 Å². The molecule has 3 rings (SSSR count). The van der Waals surface area contributed by atoms with E-state index in [9.17, 15) is 9.59 Å². The van der Waals surface area contributed by atoms with Crippen molar-refractivity contribution in [2.75, 3.05) is 32.7 Å². The average Bonchev–Trinajstić information content (AvgIpc) is 3.21. The molecule has 1 saturated heterocycles. The number of nitrogens with two attached hydrogens (primary N) is 1. The molecule has 5 nitrogen and oxygen atoms in total. The molecule has 1 aromatic heterocycles. The summed E-state index contributed by atoms with van der Waals surface area (Å²) in [5, 5.41) is 3.98. The molecule has 1 atom stereocenters. The van der Waals surface area contributed by atoms with E-state index in [0.717, 1.165) is 4.88 Å². The van der Waals surface area contributed by atoms with Gasteiger partial charge < -0.3 is 15.1 Å². The SMILES string of the molecule is C[C@H]([NH2+]CC(=O)N1CCN(C(=O)c2cccs2)CC1)c1ccccc1. The van der Waals surface area contributed by atoms with Crippen LogP contribution in [-0.4, -0.2) is 54.3 Å². The highest BCUT2D eigenvalue weighted by Crippen LogP contribution is 2.14. The summed E-state index contributed by atoms with van der Waals surface area (Å²) < 4.78 is 0. The summed E-state index contributed by atoms with van der Waals surface area (Å²) >= 11 is 1.46. The number of hydrogen-bond donors (Lipinski definition) is 1. The van der Waals surface area contributed by atoms with Crippen LogP contribution in [-0.2, 0) is 4.79 Å². The molecule has 132 valence electrons. The summed E-state index contributed by atoms with van der Waals surface area (Å²) in [5.74, 6) is 0.220. The van der Waals surface area contributed by atoms with Crippen LogP contribution in [0.1, 0.15) is 28.2 Å². The van der Waals surface area contributed by atoms with Crippen LogP contribution in [0.5, 0.6) is 0 Å². The topological polar surface area (TPSA) is 57.2 Å². The minimum atomic E-state index is 0.0753. The third-order valence-electron chi connectivity index (χ3n) is 4.62. The quantitative estimate of drug-likeness (QED) is 0.877. The summed E-state index contributed by atoms with van der Waals surface area (Å²) in [6.07, 6.45) is 0. The number of amides is 2. The summed E-state index contributed by atoms with van der Waals surface area (Å²) in [6, 6.07) is 14.2. The van der Waals surface area contributed by atoms with Crippen LogP contribution in [0.2, 0.25) is 0 Å². The first-order valence-electron chi connectivity index (χ1n) is 8.64. The molecule has 2 N–H and O–H groups in total. The fraction of sp³-hybridized carbons (Fsp3) is 0.368. The molecule has 6 heteroatoms. The predicted octanol–water partition coefficient (Wildman–Crippen LogP) is 1.36. The van der Waals surface area contributed by atoms with Gasteiger partial charge in [0.2, 0.25) is 0 Å². The lowest BCUT2D eigenvalue weighted by atomic mass is 10.1. The molecule has 0 unspecified atom stereocenters. The van der Waals surface area contributed by atoms with Crippen LogP contribution in [0.15, 0.2) is 47.8 Å². The predicted molar refractivity (Wildman–Crippen MR) is 98.5 cm³/mol. The van der Waals surface area contributed by atoms with E-state index in [1.165, 1.54) is 16.9 Å². The zero-order valence-corrected chi connectivity index (χ0v) is 15.2. The van der Waals surface area contributed by atoms with Crippen molar-refractivity contribution in [2.24, 2.45) is 0 Å². The molecular formula is C19H24N3O2S+. The lowest BCUT2D eigenvalue weighted by Gasteiger charge is -2.34. The van der Waals surface area contributed by atoms with Gasteiger partial charge in [-0.2, -0.15) is 0 Å². The first kappa shape index (κ1) is 17.6. The molecular weight excluding hydrogens is 334 g/mol. The van der Waals surface area contributed by atoms with E-state index in [1.54, 1.807) is 0 Å². The monoisotopic (exact) mass is 358 g/mol. The van der Waals surface area contributed by atoms with Crippen molar-refractivity contribution in [2.45, 2.75) is 13.0 Å². The highest BCUT2D eigenvalue weighted by atomic mass is 32.1. The Bertz CT molecular complexity index is 695. The van der Waals surface area contributed by atoms with Crippen LogP contribution >= 0.6 is 11.3 Å². The van der Waals surface area contributed by atoms with Gasteiger partial charge in [0.15, 0.2) is 6.54 Å². The van der Waals surface area contributed by atoms with E-state index in [2.05, 4.69) is 24.4 Å². The van der Waals surface area contributed by atoms with Gasteiger partial charge in [-0.05, 0) is 18.4 Å². The van der Waals surface area contributed by atoms with E-state index in [0.29, 0.717) is 32.7 Å². The summed E-state index contributed by atoms with van der Waals surface area (Å²) in [5.41, 5.74) is 1.22. The second kappa shape index (κ2) is 8.27. The smallest absolute Gasteiger partial charge is 0.277 e. The van der Waals surface area contributed by atoms with Crippen molar-refractivity contribution < 1.29 is 14.9 Å². The Morgan fingerprint density at radius 2 is 1.72 bits per heavy atom. The minimum Gasteiger partial charge on any atom is -0.334 e. The number of nitrogens with zero attached hydrogens (tertiary/aromatic N) is 2. The molecule has 25 heavy (non-hydrogen) atoms. The Kier molecular flexibility index (Phi) is 5.83. The number of thiophene rings is 1. The Labute approximate surface area is 152 Å². The number of quaternary nitrogens is 1. The van der Waals surface area contributed by atoms with Crippen LogP contribution in [0, 0.1) is 0 Å². The fourth-order valence-electron chi connectivity index (χ4n) is 3.01. The lowest BCUT2D eigenvalue weighted by molar-refractivity contribution is -0.683. The molecule has 1 aliphatic rings. The van der Waals surface area contributed by atoms with Crippen molar-refractivity contribution in [3.05, 3.63) is 58.3 Å². The normalized spacial score (nSPS) is 15.9. The molecule has 2 aromatic rings. The van der Waals surface area contributed by atoms with E-state index in [1.807, 2.05) is 45.5 Å². The zero-order valence-electron chi connectivity index (χ0n) is 14.4. The largest absolute Gasteiger partial charge is 0.334 e. The van der Waals surface area contributed by atoms with Gasteiger partial charge >= 0.3 is 0 Å². The molecule has 1 aromatic carbocycles. The number of hydrogen-bond acceptors (Lipinski definition) is 3. The number of carbonyl (C=O) groups excluding carboxylic acids is 2. The lowest BCUT2D eigenvalue weighted by Crippen LogP contribution is -2.87. The highest BCUT2D eigenvalue weighted by Gasteiger charge is 2.26. The Hall–Kier alpha value is -2.18. The van der Waals surface area contributed by atoms with Crippen LogP contribution in [0.25, 0.3) is 0 Å². The van der Waals surface area contributed by atoms with Crippen LogP contribution in [0.3, 0.4) is 0 Å². The Balaban J connectivity index is 1.45.